The van der Waals surface area contributed by atoms with Gasteiger partial charge in [-0.3, -0.25) is 4.79 Å². The van der Waals surface area contributed by atoms with Crippen LogP contribution >= 0.6 is 11.6 Å². The minimum atomic E-state index is -3.63. The van der Waals surface area contributed by atoms with Gasteiger partial charge in [-0.2, -0.15) is 9.57 Å². The number of ether oxygens (including phenoxy) is 1. The van der Waals surface area contributed by atoms with Crippen LogP contribution in [-0.4, -0.2) is 38.3 Å². The van der Waals surface area contributed by atoms with Crippen molar-refractivity contribution in [1.82, 2.24) is 4.31 Å². The summed E-state index contributed by atoms with van der Waals surface area (Å²) in [5.74, 6) is -0.0459. The zero-order valence-electron chi connectivity index (χ0n) is 15.6. The molecule has 1 heterocycles. The number of halogens is 1. The molecule has 2 aromatic rings. The Morgan fingerprint density at radius 3 is 2.48 bits per heavy atom. The maximum Gasteiger partial charge on any atom is 0.262 e. The van der Waals surface area contributed by atoms with Crippen LogP contribution in [0.3, 0.4) is 0 Å². The van der Waals surface area contributed by atoms with Crippen molar-refractivity contribution >= 4 is 33.2 Å². The van der Waals surface area contributed by atoms with E-state index in [0.717, 1.165) is 19.3 Å². The van der Waals surface area contributed by atoms with Gasteiger partial charge in [0.05, 0.1) is 27.2 Å². The van der Waals surface area contributed by atoms with Gasteiger partial charge in [-0.15, -0.1) is 0 Å². The first-order chi connectivity index (χ1) is 13.9. The summed E-state index contributed by atoms with van der Waals surface area (Å²) in [5, 5.41) is 11.6. The van der Waals surface area contributed by atoms with Crippen molar-refractivity contribution < 1.29 is 17.9 Å². The van der Waals surface area contributed by atoms with Crippen LogP contribution < -0.4 is 10.1 Å². The van der Waals surface area contributed by atoms with Crippen molar-refractivity contribution in [2.45, 2.75) is 24.2 Å². The third kappa shape index (κ3) is 5.26. The SMILES string of the molecule is N#Cc1ccc(OCC(=O)Nc2cc(S(=O)(=O)N3CCCCC3)ccc2Cl)cc1. The maximum absolute atomic E-state index is 12.8. The maximum atomic E-state index is 12.8. The number of rotatable bonds is 6. The van der Waals surface area contributed by atoms with Gasteiger partial charge in [-0.05, 0) is 55.3 Å². The highest BCUT2D eigenvalue weighted by Gasteiger charge is 2.26. The molecule has 1 amide bonds. The molecule has 9 heteroatoms. The Balaban J connectivity index is 1.67. The number of nitrogens with one attached hydrogen (secondary N) is 1. The molecule has 1 saturated heterocycles. The molecule has 0 bridgehead atoms. The largest absolute Gasteiger partial charge is 0.484 e. The number of benzene rings is 2. The van der Waals surface area contributed by atoms with Crippen LogP contribution in [-0.2, 0) is 14.8 Å². The minimum absolute atomic E-state index is 0.0899. The molecular formula is C20H20ClN3O4S. The molecule has 29 heavy (non-hydrogen) atoms. The molecule has 152 valence electrons. The fraction of sp³-hybridized carbons (Fsp3) is 0.300. The van der Waals surface area contributed by atoms with E-state index in [9.17, 15) is 13.2 Å². The molecule has 1 aliphatic heterocycles. The number of hydrogen-bond donors (Lipinski definition) is 1. The average molecular weight is 434 g/mol. The Kier molecular flexibility index (Phi) is 6.75. The van der Waals surface area contributed by atoms with Crippen LogP contribution in [0.5, 0.6) is 5.75 Å². The zero-order chi connectivity index (χ0) is 20.9. The van der Waals surface area contributed by atoms with E-state index < -0.39 is 15.9 Å². The third-order valence-electron chi connectivity index (χ3n) is 4.52. The monoisotopic (exact) mass is 433 g/mol. The lowest BCUT2D eigenvalue weighted by Crippen LogP contribution is -2.35. The molecule has 0 saturated carbocycles. The summed E-state index contributed by atoms with van der Waals surface area (Å²) in [6.45, 7) is 0.696. The Hall–Kier alpha value is -2.60. The number of amides is 1. The number of anilines is 1. The number of nitriles is 1. The zero-order valence-corrected chi connectivity index (χ0v) is 17.2. The van der Waals surface area contributed by atoms with Crippen molar-refractivity contribution in [2.75, 3.05) is 25.0 Å². The summed E-state index contributed by atoms with van der Waals surface area (Å²) in [7, 11) is -3.63. The fourth-order valence-electron chi connectivity index (χ4n) is 2.98. The lowest BCUT2D eigenvalue weighted by Gasteiger charge is -2.26. The summed E-state index contributed by atoms with van der Waals surface area (Å²) in [6, 6.07) is 12.6. The molecule has 0 atom stereocenters. The van der Waals surface area contributed by atoms with Crippen LogP contribution in [0.25, 0.3) is 0 Å². The van der Waals surface area contributed by atoms with E-state index in [2.05, 4.69) is 5.32 Å². The summed E-state index contributed by atoms with van der Waals surface area (Å²) in [5.41, 5.74) is 0.693. The van der Waals surface area contributed by atoms with Gasteiger partial charge >= 0.3 is 0 Å². The lowest BCUT2D eigenvalue weighted by molar-refractivity contribution is -0.118. The number of hydrogen-bond acceptors (Lipinski definition) is 5. The molecule has 0 aromatic heterocycles. The van der Waals surface area contributed by atoms with Gasteiger partial charge in [0.1, 0.15) is 5.75 Å². The van der Waals surface area contributed by atoms with Gasteiger partial charge < -0.3 is 10.1 Å². The van der Waals surface area contributed by atoms with Crippen molar-refractivity contribution in [2.24, 2.45) is 0 Å². The topological polar surface area (TPSA) is 99.5 Å². The van der Waals surface area contributed by atoms with E-state index in [1.165, 1.54) is 22.5 Å². The van der Waals surface area contributed by atoms with Crippen molar-refractivity contribution in [1.29, 1.82) is 5.26 Å². The quantitative estimate of drug-likeness (QED) is 0.752. The van der Waals surface area contributed by atoms with Gasteiger partial charge in [0.2, 0.25) is 10.0 Å². The number of sulfonamides is 1. The number of piperidine rings is 1. The van der Waals surface area contributed by atoms with Gasteiger partial charge in [0.15, 0.2) is 6.61 Å². The summed E-state index contributed by atoms with van der Waals surface area (Å²) in [4.78, 5) is 12.3. The first-order valence-corrected chi connectivity index (χ1v) is 10.9. The molecule has 0 spiro atoms. The van der Waals surface area contributed by atoms with Gasteiger partial charge in [-0.25, -0.2) is 8.42 Å². The molecular weight excluding hydrogens is 414 g/mol. The third-order valence-corrected chi connectivity index (χ3v) is 6.74. The second kappa shape index (κ2) is 9.27. The fourth-order valence-corrected chi connectivity index (χ4v) is 4.68. The van der Waals surface area contributed by atoms with Crippen molar-refractivity contribution in [3.8, 4) is 11.8 Å². The highest BCUT2D eigenvalue weighted by molar-refractivity contribution is 7.89. The Bertz CT molecular complexity index is 1030. The molecule has 3 rings (SSSR count). The highest BCUT2D eigenvalue weighted by atomic mass is 35.5. The van der Waals surface area contributed by atoms with Crippen LogP contribution in [0, 0.1) is 11.3 Å². The van der Waals surface area contributed by atoms with Crippen molar-refractivity contribution in [3.05, 3.63) is 53.1 Å². The smallest absolute Gasteiger partial charge is 0.262 e. The van der Waals surface area contributed by atoms with Crippen LogP contribution in [0.15, 0.2) is 47.4 Å². The molecule has 0 aliphatic carbocycles. The van der Waals surface area contributed by atoms with Gasteiger partial charge in [0, 0.05) is 13.1 Å². The summed E-state index contributed by atoms with van der Waals surface area (Å²) >= 11 is 6.13. The number of carbonyl (C=O) groups is 1. The molecule has 1 fully saturated rings. The summed E-state index contributed by atoms with van der Waals surface area (Å²) in [6.07, 6.45) is 2.69. The van der Waals surface area contributed by atoms with E-state index in [1.807, 2.05) is 6.07 Å². The first-order valence-electron chi connectivity index (χ1n) is 9.12. The predicted octanol–water partition coefficient (Wildman–Crippen LogP) is 3.40. The van der Waals surface area contributed by atoms with E-state index in [1.54, 1.807) is 24.3 Å². The van der Waals surface area contributed by atoms with E-state index in [4.69, 9.17) is 21.6 Å². The first kappa shape index (κ1) is 21.1. The van der Waals surface area contributed by atoms with Crippen LogP contribution in [0.1, 0.15) is 24.8 Å². The Labute approximate surface area is 174 Å². The van der Waals surface area contributed by atoms with Crippen molar-refractivity contribution in [3.63, 3.8) is 0 Å². The second-order valence-corrected chi connectivity index (χ2v) is 8.92. The molecule has 2 aromatic carbocycles. The van der Waals surface area contributed by atoms with Gasteiger partial charge in [0.25, 0.3) is 5.91 Å². The molecule has 7 nitrogen and oxygen atoms in total. The second-order valence-electron chi connectivity index (χ2n) is 6.58. The molecule has 1 N–H and O–H groups in total. The Morgan fingerprint density at radius 2 is 1.83 bits per heavy atom. The standard InChI is InChI=1S/C20H20ClN3O4S/c21-18-9-8-17(29(26,27)24-10-2-1-3-11-24)12-19(18)23-20(25)14-28-16-6-4-15(13-22)5-7-16/h4-9,12H,1-3,10-11,14H2,(H,23,25). The predicted molar refractivity (Wildman–Crippen MR) is 109 cm³/mol. The summed E-state index contributed by atoms with van der Waals surface area (Å²) < 4.78 is 32.5. The molecule has 1 aliphatic rings. The number of carbonyl (C=O) groups excluding carboxylic acids is 1. The molecule has 0 radical (unpaired) electrons. The normalized spacial score (nSPS) is 14.8. The van der Waals surface area contributed by atoms with E-state index in [0.29, 0.717) is 24.4 Å². The Morgan fingerprint density at radius 1 is 1.14 bits per heavy atom. The molecule has 0 unspecified atom stereocenters. The van der Waals surface area contributed by atoms with E-state index >= 15 is 0 Å². The number of nitrogens with zero attached hydrogens (tertiary/aromatic N) is 2. The average Bonchev–Trinajstić information content (AvgIpc) is 2.74. The van der Waals surface area contributed by atoms with Crippen LogP contribution in [0.2, 0.25) is 5.02 Å². The van der Waals surface area contributed by atoms with E-state index in [-0.39, 0.29) is 22.2 Å². The van der Waals surface area contributed by atoms with Crippen LogP contribution in [0.4, 0.5) is 5.69 Å². The highest BCUT2D eigenvalue weighted by Crippen LogP contribution is 2.28. The minimum Gasteiger partial charge on any atom is -0.484 e. The lowest BCUT2D eigenvalue weighted by atomic mass is 10.2. The van der Waals surface area contributed by atoms with Gasteiger partial charge in [-0.1, -0.05) is 18.0 Å².